The maximum absolute atomic E-state index is 12.0. The monoisotopic (exact) mass is 314 g/mol. The summed E-state index contributed by atoms with van der Waals surface area (Å²) in [5, 5.41) is 10.9. The standard InChI is InChI=1S/C16H14N2O5/c17-16(20)15(11-6-2-1-3-7-11)23-14(19)10-12-8-4-5-9-13(12)18(21)22/h1-9,15H,10H2,(H2,17,20). The maximum atomic E-state index is 12.0. The smallest absolute Gasteiger partial charge is 0.311 e. The number of benzene rings is 2. The minimum Gasteiger partial charge on any atom is -0.447 e. The van der Waals surface area contributed by atoms with Crippen molar-refractivity contribution in [2.45, 2.75) is 12.5 Å². The van der Waals surface area contributed by atoms with Gasteiger partial charge in [0.2, 0.25) is 6.10 Å². The van der Waals surface area contributed by atoms with E-state index in [0.29, 0.717) is 5.56 Å². The van der Waals surface area contributed by atoms with Gasteiger partial charge in [0.1, 0.15) is 0 Å². The van der Waals surface area contributed by atoms with Crippen molar-refractivity contribution in [3.8, 4) is 0 Å². The van der Waals surface area contributed by atoms with Gasteiger partial charge in [-0.2, -0.15) is 0 Å². The molecule has 0 saturated carbocycles. The zero-order chi connectivity index (χ0) is 16.8. The lowest BCUT2D eigenvalue weighted by Gasteiger charge is -2.15. The minimum absolute atomic E-state index is 0.181. The van der Waals surface area contributed by atoms with Crippen LogP contribution in [-0.2, 0) is 20.7 Å². The lowest BCUT2D eigenvalue weighted by Crippen LogP contribution is -2.26. The number of esters is 1. The van der Waals surface area contributed by atoms with Gasteiger partial charge in [0, 0.05) is 17.2 Å². The fraction of sp³-hybridized carbons (Fsp3) is 0.125. The Bertz CT molecular complexity index is 730. The molecule has 0 aliphatic carbocycles. The van der Waals surface area contributed by atoms with Gasteiger partial charge in [0.15, 0.2) is 0 Å². The molecule has 23 heavy (non-hydrogen) atoms. The molecule has 0 aliphatic heterocycles. The number of primary amides is 1. The van der Waals surface area contributed by atoms with Crippen LogP contribution >= 0.6 is 0 Å². The van der Waals surface area contributed by atoms with Crippen molar-refractivity contribution in [1.29, 1.82) is 0 Å². The van der Waals surface area contributed by atoms with E-state index in [2.05, 4.69) is 0 Å². The van der Waals surface area contributed by atoms with Gasteiger partial charge in [-0.25, -0.2) is 0 Å². The molecule has 2 N–H and O–H groups in total. The molecule has 0 heterocycles. The first-order valence-corrected chi connectivity index (χ1v) is 6.75. The SMILES string of the molecule is NC(=O)C(OC(=O)Cc1ccccc1[N+](=O)[O-])c1ccccc1. The number of nitrogens with two attached hydrogens (primary N) is 1. The van der Waals surface area contributed by atoms with Crippen LogP contribution in [0.25, 0.3) is 0 Å². The molecule has 2 aromatic rings. The van der Waals surface area contributed by atoms with Crippen molar-refractivity contribution < 1.29 is 19.2 Å². The van der Waals surface area contributed by atoms with Crippen LogP contribution < -0.4 is 5.73 Å². The van der Waals surface area contributed by atoms with Crippen molar-refractivity contribution in [3.63, 3.8) is 0 Å². The topological polar surface area (TPSA) is 113 Å². The van der Waals surface area contributed by atoms with Gasteiger partial charge in [0.25, 0.3) is 11.6 Å². The maximum Gasteiger partial charge on any atom is 0.311 e. The van der Waals surface area contributed by atoms with Crippen LogP contribution in [0, 0.1) is 10.1 Å². The quantitative estimate of drug-likeness (QED) is 0.497. The molecule has 1 unspecified atom stereocenters. The summed E-state index contributed by atoms with van der Waals surface area (Å²) in [5.74, 6) is -1.58. The molecule has 1 atom stereocenters. The highest BCUT2D eigenvalue weighted by molar-refractivity contribution is 5.84. The first kappa shape index (κ1) is 16.2. The zero-order valence-corrected chi connectivity index (χ0v) is 12.0. The lowest BCUT2D eigenvalue weighted by atomic mass is 10.1. The molecule has 0 aliphatic rings. The summed E-state index contributed by atoms with van der Waals surface area (Å²) in [6.07, 6.45) is -1.56. The summed E-state index contributed by atoms with van der Waals surface area (Å²) >= 11 is 0. The van der Waals surface area contributed by atoms with Gasteiger partial charge in [-0.3, -0.25) is 19.7 Å². The summed E-state index contributed by atoms with van der Waals surface area (Å²) in [5.41, 5.74) is 5.73. The number of para-hydroxylation sites is 1. The average molecular weight is 314 g/mol. The van der Waals surface area contributed by atoms with E-state index in [1.165, 1.54) is 18.2 Å². The molecule has 1 amide bonds. The van der Waals surface area contributed by atoms with Crippen LogP contribution in [0.1, 0.15) is 17.2 Å². The third-order valence-electron chi connectivity index (χ3n) is 3.13. The second kappa shape index (κ2) is 7.17. The Morgan fingerprint density at radius 2 is 1.70 bits per heavy atom. The third-order valence-corrected chi connectivity index (χ3v) is 3.13. The van der Waals surface area contributed by atoms with Gasteiger partial charge in [-0.1, -0.05) is 48.5 Å². The van der Waals surface area contributed by atoms with Crippen LogP contribution in [0.5, 0.6) is 0 Å². The lowest BCUT2D eigenvalue weighted by molar-refractivity contribution is -0.385. The minimum atomic E-state index is -1.23. The zero-order valence-electron chi connectivity index (χ0n) is 12.0. The molecule has 7 nitrogen and oxygen atoms in total. The molecule has 0 radical (unpaired) electrons. The van der Waals surface area contributed by atoms with Crippen LogP contribution in [0.3, 0.4) is 0 Å². The fourth-order valence-corrected chi connectivity index (χ4v) is 2.09. The first-order valence-electron chi connectivity index (χ1n) is 6.75. The van der Waals surface area contributed by atoms with Crippen LogP contribution in [0.4, 0.5) is 5.69 Å². The van der Waals surface area contributed by atoms with Crippen molar-refractivity contribution in [2.75, 3.05) is 0 Å². The Morgan fingerprint density at radius 1 is 1.09 bits per heavy atom. The number of hydrogen-bond donors (Lipinski definition) is 1. The number of carbonyl (C=O) groups excluding carboxylic acids is 2. The van der Waals surface area contributed by atoms with E-state index in [1.807, 2.05) is 0 Å². The largest absolute Gasteiger partial charge is 0.447 e. The van der Waals surface area contributed by atoms with Gasteiger partial charge in [-0.05, 0) is 0 Å². The van der Waals surface area contributed by atoms with E-state index in [-0.39, 0.29) is 17.7 Å². The highest BCUT2D eigenvalue weighted by Gasteiger charge is 2.24. The molecule has 0 bridgehead atoms. The van der Waals surface area contributed by atoms with E-state index in [4.69, 9.17) is 10.5 Å². The molecule has 2 aromatic carbocycles. The van der Waals surface area contributed by atoms with Crippen molar-refractivity contribution in [3.05, 3.63) is 75.8 Å². The van der Waals surface area contributed by atoms with Crippen LogP contribution in [-0.4, -0.2) is 16.8 Å². The molecular formula is C16H14N2O5. The molecule has 2 rings (SSSR count). The van der Waals surface area contributed by atoms with Gasteiger partial charge < -0.3 is 10.5 Å². The Balaban J connectivity index is 2.15. The van der Waals surface area contributed by atoms with E-state index >= 15 is 0 Å². The molecule has 0 spiro atoms. The molecule has 118 valence electrons. The summed E-state index contributed by atoms with van der Waals surface area (Å²) in [7, 11) is 0. The Kier molecular flexibility index (Phi) is 5.03. The number of nitrogens with zero attached hydrogens (tertiary/aromatic N) is 1. The predicted molar refractivity (Wildman–Crippen MR) is 81.3 cm³/mol. The van der Waals surface area contributed by atoms with Crippen LogP contribution in [0.15, 0.2) is 54.6 Å². The number of hydrogen-bond acceptors (Lipinski definition) is 5. The van der Waals surface area contributed by atoms with E-state index in [9.17, 15) is 19.7 Å². The number of carbonyl (C=O) groups is 2. The third kappa shape index (κ3) is 4.13. The number of nitro groups is 1. The Hall–Kier alpha value is -3.22. The van der Waals surface area contributed by atoms with Crippen molar-refractivity contribution in [2.24, 2.45) is 5.73 Å². The summed E-state index contributed by atoms with van der Waals surface area (Å²) in [6.45, 7) is 0. The summed E-state index contributed by atoms with van der Waals surface area (Å²) in [6, 6.07) is 14.2. The number of nitro benzene ring substituents is 1. The molecule has 7 heteroatoms. The Morgan fingerprint density at radius 3 is 2.30 bits per heavy atom. The highest BCUT2D eigenvalue weighted by Crippen LogP contribution is 2.21. The first-order chi connectivity index (χ1) is 11.0. The van der Waals surface area contributed by atoms with E-state index in [0.717, 1.165) is 0 Å². The number of ether oxygens (including phenoxy) is 1. The average Bonchev–Trinajstić information content (AvgIpc) is 2.53. The number of amides is 1. The molecule has 0 saturated heterocycles. The molecular weight excluding hydrogens is 300 g/mol. The molecule has 0 fully saturated rings. The van der Waals surface area contributed by atoms with E-state index in [1.54, 1.807) is 36.4 Å². The second-order valence-electron chi connectivity index (χ2n) is 4.75. The van der Waals surface area contributed by atoms with Crippen molar-refractivity contribution >= 4 is 17.6 Å². The Labute approximate surface area is 131 Å². The van der Waals surface area contributed by atoms with Crippen LogP contribution in [0.2, 0.25) is 0 Å². The van der Waals surface area contributed by atoms with Crippen molar-refractivity contribution in [1.82, 2.24) is 0 Å². The van der Waals surface area contributed by atoms with Gasteiger partial charge in [0.05, 0.1) is 11.3 Å². The fourth-order valence-electron chi connectivity index (χ4n) is 2.09. The number of rotatable bonds is 6. The normalized spacial score (nSPS) is 11.5. The summed E-state index contributed by atoms with van der Waals surface area (Å²) < 4.78 is 5.10. The summed E-state index contributed by atoms with van der Waals surface area (Å²) in [4.78, 5) is 33.9. The second-order valence-corrected chi connectivity index (χ2v) is 4.75. The predicted octanol–water partition coefficient (Wildman–Crippen LogP) is 1.91. The highest BCUT2D eigenvalue weighted by atomic mass is 16.6. The molecule has 0 aromatic heterocycles. The van der Waals surface area contributed by atoms with Gasteiger partial charge >= 0.3 is 5.97 Å². The van der Waals surface area contributed by atoms with Gasteiger partial charge in [-0.15, -0.1) is 0 Å². The van der Waals surface area contributed by atoms with E-state index < -0.39 is 22.9 Å².